The molecule has 9 amide bonds. The number of aliphatic carboxylic acids is 1. The average Bonchev–Trinajstić information content (AvgIpc) is 3.39. The monoisotopic (exact) mass is 1160 g/mol. The molecule has 0 aliphatic rings. The lowest BCUT2D eigenvalue weighted by molar-refractivity contribution is -0.142. The number of carboxylic acids is 1. The van der Waals surface area contributed by atoms with E-state index in [4.69, 9.17) is 63.1 Å². The van der Waals surface area contributed by atoms with Crippen molar-refractivity contribution in [2.75, 3.05) is 51.6 Å². The number of hydrogen-bond donors (Lipinski definition) is 21. The number of nitrogens with two attached hydrogens (primary N) is 11. The van der Waals surface area contributed by atoms with E-state index in [9.17, 15) is 53.1 Å². The van der Waals surface area contributed by atoms with Crippen LogP contribution in [-0.4, -0.2) is 182 Å². The Morgan fingerprint density at radius 1 is 0.400 bits per heavy atom. The van der Waals surface area contributed by atoms with Gasteiger partial charge in [-0.05, 0) is 122 Å². The molecule has 0 bridgehead atoms. The highest BCUT2D eigenvalue weighted by Gasteiger charge is 2.33. The van der Waals surface area contributed by atoms with Crippen molar-refractivity contribution in [1.82, 2.24) is 42.5 Å². The summed E-state index contributed by atoms with van der Waals surface area (Å²) >= 11 is 4.20. The van der Waals surface area contributed by atoms with E-state index < -0.39 is 120 Å². The van der Waals surface area contributed by atoms with Gasteiger partial charge in [-0.1, -0.05) is 0 Å². The number of carbonyl (C=O) groups excluding carboxylic acids is 9. The number of aliphatic imine (C=N–C) groups is 3. The van der Waals surface area contributed by atoms with Crippen LogP contribution in [-0.2, 0) is 47.9 Å². The summed E-state index contributed by atoms with van der Waals surface area (Å²) < 4.78 is 0. The molecule has 33 nitrogen and oxygen atoms in total. The zero-order chi connectivity index (χ0) is 60.6. The van der Waals surface area contributed by atoms with Gasteiger partial charge in [0.15, 0.2) is 17.9 Å². The van der Waals surface area contributed by atoms with Crippen molar-refractivity contribution in [3.63, 3.8) is 0 Å². The van der Waals surface area contributed by atoms with Crippen molar-refractivity contribution in [3.05, 3.63) is 0 Å². The smallest absolute Gasteiger partial charge is 0.326 e. The first-order valence-electron chi connectivity index (χ1n) is 26.4. The SMILES string of the molecule is NCCCC[C@H](NC(=O)[C@H](CCCCN)NC(=O)[C@H](CCCCN)NC(=O)[C@H](CCC(N)=O)NC(=O)CNC(=O)[C@H](CS)NC(=O)[C@H](CCCN=C(N)N)NC(=O)[C@H](CCCN=C(N)N)NC(=O)[C@@H](N)CCCN=C(N)N)C(=O)O. The third-order valence-corrected chi connectivity index (χ3v) is 12.1. The molecule has 0 aliphatic carbocycles. The first-order valence-corrected chi connectivity index (χ1v) is 27.1. The van der Waals surface area contributed by atoms with E-state index in [-0.39, 0.29) is 114 Å². The molecule has 0 heterocycles. The minimum absolute atomic E-state index is 0.00311. The molecule has 456 valence electrons. The van der Waals surface area contributed by atoms with Crippen molar-refractivity contribution in [2.45, 2.75) is 157 Å². The van der Waals surface area contributed by atoms with Crippen LogP contribution in [0.3, 0.4) is 0 Å². The van der Waals surface area contributed by atoms with Gasteiger partial charge < -0.3 is 111 Å². The number of carboxylic acid groups (broad SMARTS) is 1. The van der Waals surface area contributed by atoms with E-state index in [0.29, 0.717) is 51.5 Å². The number of amides is 9. The lowest BCUT2D eigenvalue weighted by atomic mass is 10.0. The normalized spacial score (nSPS) is 13.8. The first-order chi connectivity index (χ1) is 37.9. The molecule has 34 heteroatoms. The second-order valence-electron chi connectivity index (χ2n) is 18.5. The van der Waals surface area contributed by atoms with E-state index >= 15 is 0 Å². The van der Waals surface area contributed by atoms with Crippen LogP contribution in [0.5, 0.6) is 0 Å². The van der Waals surface area contributed by atoms with Crippen LogP contribution in [0.15, 0.2) is 15.0 Å². The topological polar surface area (TPSA) is 610 Å². The van der Waals surface area contributed by atoms with E-state index in [0.717, 1.165) is 0 Å². The lowest BCUT2D eigenvalue weighted by Crippen LogP contribution is -2.59. The van der Waals surface area contributed by atoms with E-state index in [1.807, 2.05) is 0 Å². The lowest BCUT2D eigenvalue weighted by Gasteiger charge is -2.26. The van der Waals surface area contributed by atoms with Crippen molar-refractivity contribution in [2.24, 2.45) is 78.0 Å². The number of rotatable bonds is 45. The third kappa shape index (κ3) is 33.9. The Hall–Kier alpha value is -7.30. The van der Waals surface area contributed by atoms with Gasteiger partial charge in [-0.25, -0.2) is 4.79 Å². The van der Waals surface area contributed by atoms with Gasteiger partial charge in [-0.3, -0.25) is 58.1 Å². The van der Waals surface area contributed by atoms with Crippen molar-refractivity contribution < 1.29 is 53.1 Å². The molecular weight excluding hydrogens is 1070 g/mol. The largest absolute Gasteiger partial charge is 0.480 e. The van der Waals surface area contributed by atoms with Crippen LogP contribution >= 0.6 is 12.6 Å². The van der Waals surface area contributed by atoms with Gasteiger partial charge in [0.05, 0.1) is 12.6 Å². The van der Waals surface area contributed by atoms with Gasteiger partial charge in [0.2, 0.25) is 53.2 Å². The highest BCUT2D eigenvalue weighted by Crippen LogP contribution is 2.10. The van der Waals surface area contributed by atoms with E-state index in [2.05, 4.69) is 70.1 Å². The maximum absolute atomic E-state index is 13.9. The summed E-state index contributed by atoms with van der Waals surface area (Å²) in [6, 6.07) is -10.5. The Kier molecular flexibility index (Phi) is 38.7. The fraction of sp³-hybridized carbons (Fsp3) is 0.717. The van der Waals surface area contributed by atoms with Crippen molar-refractivity contribution >= 4 is 89.6 Å². The molecule has 8 atom stereocenters. The van der Waals surface area contributed by atoms with E-state index in [1.165, 1.54) is 0 Å². The summed E-state index contributed by atoms with van der Waals surface area (Å²) in [5.41, 5.74) is 60.9. The highest BCUT2D eigenvalue weighted by atomic mass is 32.1. The van der Waals surface area contributed by atoms with Crippen LogP contribution in [0.2, 0.25) is 0 Å². The number of unbranched alkanes of at least 4 members (excludes halogenated alkanes) is 3. The summed E-state index contributed by atoms with van der Waals surface area (Å²) in [4.78, 5) is 145. The fourth-order valence-electron chi connectivity index (χ4n) is 7.39. The minimum Gasteiger partial charge on any atom is -0.480 e. The average molecular weight is 1160 g/mol. The Bertz CT molecular complexity index is 2060. The van der Waals surface area contributed by atoms with Crippen LogP contribution < -0.4 is 106 Å². The summed E-state index contributed by atoms with van der Waals surface area (Å²) in [6.07, 6.45) is 2.63. The number of nitrogens with one attached hydrogen (secondary N) is 8. The second-order valence-corrected chi connectivity index (χ2v) is 18.9. The van der Waals surface area contributed by atoms with Crippen LogP contribution in [0.25, 0.3) is 0 Å². The zero-order valence-corrected chi connectivity index (χ0v) is 46.4. The number of nitrogens with zero attached hydrogens (tertiary/aromatic N) is 3. The van der Waals surface area contributed by atoms with Gasteiger partial charge in [-0.15, -0.1) is 0 Å². The maximum Gasteiger partial charge on any atom is 0.326 e. The van der Waals surface area contributed by atoms with Gasteiger partial charge in [0.1, 0.15) is 42.3 Å². The third-order valence-electron chi connectivity index (χ3n) is 11.8. The number of carbonyl (C=O) groups is 10. The number of primary amides is 1. The molecule has 0 aromatic heterocycles. The standard InChI is InChI=1S/C46H90N22O11S/c47-18-4-1-11-27(38(73)64-28(12-2-5-19-48)40(75)67-32(43(78)79)13-3-6-20-49)65-42(77)31(16-17-34(51)69)62-35(70)24-61-37(72)33(25-80)68-41(76)30(15-9-23-60-46(56)57)66-39(74)29(14-8-22-59-45(54)55)63-36(71)26(50)10-7-21-58-44(52)53/h26-33,80H,1-25,47-50H2,(H2,51,69)(H,61,72)(H,62,70)(H,63,71)(H,64,73)(H,65,77)(H,66,74)(H,67,75)(H,68,76)(H,78,79)(H4,52,53,58)(H4,54,55,59)(H4,56,57,60)/t26-,27-,28-,29-,30-,31-,32-,33-/m0/s1. The Balaban J connectivity index is 6.40. The summed E-state index contributed by atoms with van der Waals surface area (Å²) in [6.45, 7) is 0.341. The molecule has 0 aromatic rings. The predicted molar refractivity (Wildman–Crippen MR) is 303 cm³/mol. The minimum atomic E-state index is -1.51. The molecule has 0 saturated carbocycles. The van der Waals surface area contributed by atoms with Gasteiger partial charge in [0, 0.05) is 31.8 Å². The van der Waals surface area contributed by atoms with Gasteiger partial charge in [0.25, 0.3) is 0 Å². The Labute approximate surface area is 471 Å². The van der Waals surface area contributed by atoms with Crippen LogP contribution in [0, 0.1) is 0 Å². The zero-order valence-electron chi connectivity index (χ0n) is 45.5. The van der Waals surface area contributed by atoms with Crippen molar-refractivity contribution in [3.8, 4) is 0 Å². The van der Waals surface area contributed by atoms with Crippen LogP contribution in [0.1, 0.15) is 109 Å². The molecule has 0 spiro atoms. The Morgan fingerprint density at radius 2 is 0.725 bits per heavy atom. The summed E-state index contributed by atoms with van der Waals surface area (Å²) in [7, 11) is 0. The molecule has 31 N–H and O–H groups in total. The molecule has 0 fully saturated rings. The molecule has 80 heavy (non-hydrogen) atoms. The molecule has 0 aromatic carbocycles. The molecule has 0 saturated heterocycles. The fourth-order valence-corrected chi connectivity index (χ4v) is 7.65. The highest BCUT2D eigenvalue weighted by molar-refractivity contribution is 7.80. The van der Waals surface area contributed by atoms with Crippen LogP contribution in [0.4, 0.5) is 0 Å². The second kappa shape index (κ2) is 42.6. The number of thiol groups is 1. The van der Waals surface area contributed by atoms with Gasteiger partial charge in [-0.2, -0.15) is 12.6 Å². The molecule has 0 rings (SSSR count). The Morgan fingerprint density at radius 3 is 1.07 bits per heavy atom. The first kappa shape index (κ1) is 72.7. The van der Waals surface area contributed by atoms with Crippen molar-refractivity contribution in [1.29, 1.82) is 0 Å². The van der Waals surface area contributed by atoms with Gasteiger partial charge >= 0.3 is 5.97 Å². The maximum atomic E-state index is 13.9. The van der Waals surface area contributed by atoms with E-state index in [1.54, 1.807) is 0 Å². The molecule has 0 radical (unpaired) electrons. The summed E-state index contributed by atoms with van der Waals surface area (Å²) in [5.74, 6) is -9.87. The number of guanidine groups is 3. The molecular formula is C46H90N22O11S. The molecule has 0 unspecified atom stereocenters. The number of hydrogen-bond acceptors (Lipinski definition) is 18. The summed E-state index contributed by atoms with van der Waals surface area (Å²) in [5, 5.41) is 29.8. The quantitative estimate of drug-likeness (QED) is 0.0117. The predicted octanol–water partition coefficient (Wildman–Crippen LogP) is -8.35. The molecule has 0 aliphatic heterocycles.